The molecule has 0 saturated heterocycles. The number of fused-ring (bicyclic) bond motifs is 1. The Hall–Kier alpha value is -3.20. The van der Waals surface area contributed by atoms with Crippen LogP contribution in [0.1, 0.15) is 19.4 Å². The Morgan fingerprint density at radius 3 is 2.15 bits per heavy atom. The van der Waals surface area contributed by atoms with Gasteiger partial charge in [0.05, 0.1) is 5.69 Å². The first-order chi connectivity index (χ1) is 15.3. The van der Waals surface area contributed by atoms with Crippen LogP contribution in [-0.2, 0) is 33.2 Å². The fourth-order valence-electron chi connectivity index (χ4n) is 2.65. The molecule has 0 fully saturated rings. The van der Waals surface area contributed by atoms with E-state index >= 15 is 0 Å². The number of hydrogen-bond donors (Lipinski definition) is 1. The summed E-state index contributed by atoms with van der Waals surface area (Å²) in [6, 6.07) is 20.2. The van der Waals surface area contributed by atoms with Gasteiger partial charge in [0.25, 0.3) is 0 Å². The maximum atomic E-state index is 8.89. The molecule has 0 amide bonds. The Morgan fingerprint density at radius 2 is 1.58 bits per heavy atom. The van der Waals surface area contributed by atoms with Crippen molar-refractivity contribution in [2.75, 3.05) is 5.32 Å². The summed E-state index contributed by atoms with van der Waals surface area (Å²) in [7, 11) is 0. The monoisotopic (exact) mass is 559 g/mol. The molecule has 0 unspecified atom stereocenters. The van der Waals surface area contributed by atoms with Gasteiger partial charge in [0.2, 0.25) is 0 Å². The summed E-state index contributed by atoms with van der Waals surface area (Å²) in [4.78, 5) is 27.0. The number of carbonyl (C=O) groups is 2. The van der Waals surface area contributed by atoms with Crippen molar-refractivity contribution in [3.05, 3.63) is 83.1 Å². The van der Waals surface area contributed by atoms with E-state index in [0.29, 0.717) is 0 Å². The van der Waals surface area contributed by atoms with Crippen molar-refractivity contribution < 1.29 is 36.9 Å². The second kappa shape index (κ2) is 14.1. The van der Waals surface area contributed by atoms with Gasteiger partial charge in [-0.25, -0.2) is 4.98 Å². The van der Waals surface area contributed by atoms with Crippen molar-refractivity contribution in [1.29, 1.82) is 0 Å². The zero-order valence-electron chi connectivity index (χ0n) is 17.8. The summed E-state index contributed by atoms with van der Waals surface area (Å²) in [5, 5.41) is 21.3. The fourth-order valence-corrected chi connectivity index (χ4v) is 2.99. The number of anilines is 1. The number of carboxylic acid groups (broad SMARTS) is 2. The molecular weight excluding hydrogens is 540 g/mol. The molecule has 4 rings (SSSR count). The molecule has 0 spiro atoms. The number of hydrogen-bond acceptors (Lipinski definition) is 7. The van der Waals surface area contributed by atoms with Crippen LogP contribution in [0, 0.1) is 0 Å². The minimum atomic E-state index is -1.08. The zero-order valence-corrected chi connectivity index (χ0v) is 20.3. The van der Waals surface area contributed by atoms with Gasteiger partial charge in [0.1, 0.15) is 17.2 Å². The molecule has 0 bridgehead atoms. The SMILES string of the molecule is Brc1ccc2nc(-c3ccccn3)c(NCc3ccccc3)n2c1.CC(=O)[O-].CC(=O)[O-].[Cu+2]. The Morgan fingerprint density at radius 1 is 0.970 bits per heavy atom. The molecule has 175 valence electrons. The summed E-state index contributed by atoms with van der Waals surface area (Å²) in [6.45, 7) is 2.67. The van der Waals surface area contributed by atoms with E-state index in [2.05, 4.69) is 42.8 Å². The number of aromatic nitrogens is 3. The van der Waals surface area contributed by atoms with Crippen LogP contribution in [0.15, 0.2) is 77.5 Å². The van der Waals surface area contributed by atoms with E-state index in [9.17, 15) is 0 Å². The molecule has 3 heterocycles. The van der Waals surface area contributed by atoms with Gasteiger partial charge in [0.15, 0.2) is 0 Å². The van der Waals surface area contributed by atoms with Crippen LogP contribution < -0.4 is 15.5 Å². The van der Waals surface area contributed by atoms with Crippen LogP contribution in [0.5, 0.6) is 0 Å². The molecule has 0 atom stereocenters. The second-order valence-electron chi connectivity index (χ2n) is 6.42. The summed E-state index contributed by atoms with van der Waals surface area (Å²) in [5.41, 5.74) is 3.81. The molecule has 1 N–H and O–H groups in total. The molecule has 4 aromatic rings. The van der Waals surface area contributed by atoms with Gasteiger partial charge in [-0.1, -0.05) is 36.4 Å². The van der Waals surface area contributed by atoms with Gasteiger partial charge >= 0.3 is 17.1 Å². The van der Waals surface area contributed by atoms with Gasteiger partial charge in [0, 0.05) is 35.3 Å². The predicted octanol–water partition coefficient (Wildman–Crippen LogP) is 2.28. The van der Waals surface area contributed by atoms with Crippen LogP contribution in [0.4, 0.5) is 5.82 Å². The quantitative estimate of drug-likeness (QED) is 0.380. The summed E-state index contributed by atoms with van der Waals surface area (Å²) in [5.74, 6) is -1.23. The number of rotatable bonds is 4. The van der Waals surface area contributed by atoms with E-state index < -0.39 is 11.9 Å². The molecule has 0 saturated carbocycles. The first-order valence-electron chi connectivity index (χ1n) is 9.50. The number of imidazole rings is 1. The normalized spacial score (nSPS) is 9.42. The van der Waals surface area contributed by atoms with E-state index in [4.69, 9.17) is 24.8 Å². The van der Waals surface area contributed by atoms with Gasteiger partial charge < -0.3 is 25.1 Å². The molecule has 1 aromatic carbocycles. The molecule has 0 aliphatic rings. The summed E-state index contributed by atoms with van der Waals surface area (Å²) < 4.78 is 3.06. The number of benzene rings is 1. The van der Waals surface area contributed by atoms with Gasteiger partial charge in [-0.15, -0.1) is 0 Å². The van der Waals surface area contributed by atoms with Gasteiger partial charge in [-0.05, 0) is 59.6 Å². The summed E-state index contributed by atoms with van der Waals surface area (Å²) in [6.07, 6.45) is 3.80. The van der Waals surface area contributed by atoms with Crippen LogP contribution in [0.2, 0.25) is 0 Å². The van der Waals surface area contributed by atoms with Crippen LogP contribution in [0.25, 0.3) is 17.0 Å². The van der Waals surface area contributed by atoms with Crippen LogP contribution >= 0.6 is 15.9 Å². The summed E-state index contributed by atoms with van der Waals surface area (Å²) >= 11 is 3.54. The predicted molar refractivity (Wildman–Crippen MR) is 121 cm³/mol. The number of pyridine rings is 2. The number of nitrogens with zero attached hydrogens (tertiary/aromatic N) is 3. The molecular formula is C23H21BrCuN4O4. The van der Waals surface area contributed by atoms with E-state index in [1.807, 2.05) is 54.7 Å². The molecule has 8 nitrogen and oxygen atoms in total. The molecule has 1 radical (unpaired) electrons. The maximum absolute atomic E-state index is 8.89. The van der Waals surface area contributed by atoms with E-state index in [1.165, 1.54) is 5.56 Å². The molecule has 0 aliphatic heterocycles. The topological polar surface area (TPSA) is 122 Å². The van der Waals surface area contributed by atoms with Crippen molar-refractivity contribution in [1.82, 2.24) is 14.4 Å². The van der Waals surface area contributed by atoms with Crippen LogP contribution in [0.3, 0.4) is 0 Å². The Balaban J connectivity index is 0.000000529. The third kappa shape index (κ3) is 9.44. The molecule has 0 aliphatic carbocycles. The fraction of sp³-hybridized carbons (Fsp3) is 0.130. The van der Waals surface area contributed by atoms with Crippen molar-refractivity contribution in [3.63, 3.8) is 0 Å². The first kappa shape index (κ1) is 27.8. The molecule has 3 aromatic heterocycles. The van der Waals surface area contributed by atoms with E-state index in [-0.39, 0.29) is 17.1 Å². The zero-order chi connectivity index (χ0) is 23.5. The minimum Gasteiger partial charge on any atom is -0.550 e. The molecule has 33 heavy (non-hydrogen) atoms. The standard InChI is InChI=1S/C19H15BrN4.2C2H4O2.Cu/c20-15-9-10-17-23-18(16-8-4-5-11-21-16)19(24(17)13-15)22-12-14-6-2-1-3-7-14;2*1-2(3)4;/h1-11,13,22H,12H2;2*1H3,(H,3,4);/q;;;+2/p-2. The smallest absolute Gasteiger partial charge is 0.550 e. The number of carbonyl (C=O) groups excluding carboxylic acids is 2. The van der Waals surface area contributed by atoms with Crippen LogP contribution in [-0.4, -0.2) is 26.3 Å². The molecule has 10 heteroatoms. The third-order valence-corrected chi connectivity index (χ3v) is 4.26. The van der Waals surface area contributed by atoms with E-state index in [1.54, 1.807) is 6.20 Å². The van der Waals surface area contributed by atoms with Gasteiger partial charge in [-0.3, -0.25) is 9.38 Å². The number of aliphatic carboxylic acids is 2. The average molecular weight is 561 g/mol. The maximum Gasteiger partial charge on any atom is 2.00 e. The number of carboxylic acids is 2. The third-order valence-electron chi connectivity index (χ3n) is 3.79. The second-order valence-corrected chi connectivity index (χ2v) is 7.34. The van der Waals surface area contributed by atoms with Crippen molar-refractivity contribution in [2.24, 2.45) is 0 Å². The minimum absolute atomic E-state index is 0. The Kier molecular flexibility index (Phi) is 11.9. The Bertz CT molecular complexity index is 1150. The van der Waals surface area contributed by atoms with E-state index in [0.717, 1.165) is 47.7 Å². The van der Waals surface area contributed by atoms with Gasteiger partial charge in [-0.2, -0.15) is 0 Å². The first-order valence-corrected chi connectivity index (χ1v) is 10.3. The van der Waals surface area contributed by atoms with Crippen molar-refractivity contribution in [3.8, 4) is 11.4 Å². The largest absolute Gasteiger partial charge is 2.00 e. The van der Waals surface area contributed by atoms with Crippen molar-refractivity contribution in [2.45, 2.75) is 20.4 Å². The average Bonchev–Trinajstić information content (AvgIpc) is 3.10. The number of nitrogens with one attached hydrogen (secondary N) is 1. The number of halogens is 1. The Labute approximate surface area is 210 Å². The van der Waals surface area contributed by atoms with Crippen molar-refractivity contribution >= 4 is 39.3 Å².